The molecule has 6 heteroatoms. The number of aryl methyl sites for hydroxylation is 1. The van der Waals surface area contributed by atoms with E-state index in [9.17, 15) is 19.8 Å². The average Bonchev–Trinajstić information content (AvgIpc) is 2.35. The summed E-state index contributed by atoms with van der Waals surface area (Å²) in [5, 5.41) is 24.3. The number of aliphatic hydroxyl groups is 1. The highest BCUT2D eigenvalue weighted by molar-refractivity contribution is 5.99. The number of nitrogens with one attached hydrogen (secondary N) is 2. The summed E-state index contributed by atoms with van der Waals surface area (Å²) in [4.78, 5) is 23.8. The Morgan fingerprint density at radius 2 is 2.00 bits per heavy atom. The molecular formula is C14H20N2O4. The molecule has 0 unspecified atom stereocenters. The average molecular weight is 280 g/mol. The lowest BCUT2D eigenvalue weighted by molar-refractivity contribution is -0.125. The van der Waals surface area contributed by atoms with Gasteiger partial charge in [0.2, 0.25) is 5.91 Å². The molecule has 6 nitrogen and oxygen atoms in total. The molecule has 2 atom stereocenters. The van der Waals surface area contributed by atoms with Crippen LogP contribution in [-0.4, -0.2) is 40.7 Å². The van der Waals surface area contributed by atoms with E-state index in [0.29, 0.717) is 6.54 Å². The highest BCUT2D eigenvalue weighted by atomic mass is 16.3. The van der Waals surface area contributed by atoms with Crippen LogP contribution < -0.4 is 10.6 Å². The van der Waals surface area contributed by atoms with E-state index in [4.69, 9.17) is 0 Å². The Morgan fingerprint density at radius 3 is 2.50 bits per heavy atom. The molecule has 1 aromatic rings. The first-order valence-electron chi connectivity index (χ1n) is 6.43. The normalized spacial score (nSPS) is 13.4. The molecule has 1 rings (SSSR count). The van der Waals surface area contributed by atoms with Gasteiger partial charge in [-0.05, 0) is 38.5 Å². The van der Waals surface area contributed by atoms with Crippen LogP contribution in [0.3, 0.4) is 0 Å². The molecule has 2 amide bonds. The summed E-state index contributed by atoms with van der Waals surface area (Å²) in [5.41, 5.74) is 0.875. The quantitative estimate of drug-likeness (QED) is 0.624. The Kier molecular flexibility index (Phi) is 5.52. The van der Waals surface area contributed by atoms with E-state index in [2.05, 4.69) is 10.6 Å². The number of hydrogen-bond donors (Lipinski definition) is 4. The number of carbonyl (C=O) groups is 2. The Morgan fingerprint density at radius 1 is 1.35 bits per heavy atom. The summed E-state index contributed by atoms with van der Waals surface area (Å²) in [5.74, 6) is -1.25. The van der Waals surface area contributed by atoms with Crippen molar-refractivity contribution in [1.29, 1.82) is 0 Å². The predicted octanol–water partition coefficient (Wildman–Crippen LogP) is 0.316. The van der Waals surface area contributed by atoms with E-state index in [1.165, 1.54) is 19.1 Å². The minimum Gasteiger partial charge on any atom is -0.507 e. The maximum Gasteiger partial charge on any atom is 0.255 e. The first kappa shape index (κ1) is 16.0. The third-order valence-corrected chi connectivity index (χ3v) is 2.80. The van der Waals surface area contributed by atoms with Crippen molar-refractivity contribution in [2.24, 2.45) is 0 Å². The second-order valence-corrected chi connectivity index (χ2v) is 4.61. The minimum absolute atomic E-state index is 0.0607. The Balaban J connectivity index is 2.88. The van der Waals surface area contributed by atoms with E-state index in [1.807, 2.05) is 0 Å². The molecule has 0 saturated heterocycles. The summed E-state index contributed by atoms with van der Waals surface area (Å²) < 4.78 is 0. The van der Waals surface area contributed by atoms with Crippen molar-refractivity contribution < 1.29 is 19.8 Å². The van der Waals surface area contributed by atoms with E-state index in [1.54, 1.807) is 19.9 Å². The van der Waals surface area contributed by atoms with Crippen LogP contribution in [0, 0.1) is 6.92 Å². The number of likely N-dealkylation sites (N-methyl/N-ethyl adjacent to an activating group) is 1. The van der Waals surface area contributed by atoms with E-state index >= 15 is 0 Å². The van der Waals surface area contributed by atoms with Gasteiger partial charge in [0.25, 0.3) is 5.91 Å². The molecule has 0 aliphatic heterocycles. The second kappa shape index (κ2) is 6.91. The van der Waals surface area contributed by atoms with Crippen molar-refractivity contribution in [3.05, 3.63) is 29.3 Å². The molecule has 0 fully saturated rings. The standard InChI is InChI=1S/C14H20N2O4/c1-4-15-14(20)12(9(3)17)16-13(19)10-6-5-8(2)7-11(10)18/h5-7,9,12,17-18H,4H2,1-3H3,(H,15,20)(H,16,19)/t9-,12+/m0/s1. The number of aliphatic hydroxyl groups excluding tert-OH is 1. The van der Waals surface area contributed by atoms with Crippen molar-refractivity contribution in [1.82, 2.24) is 10.6 Å². The maximum absolute atomic E-state index is 12.0. The van der Waals surface area contributed by atoms with Gasteiger partial charge < -0.3 is 20.8 Å². The van der Waals surface area contributed by atoms with Gasteiger partial charge in [-0.3, -0.25) is 9.59 Å². The number of aromatic hydroxyl groups is 1. The Bertz CT molecular complexity index is 500. The van der Waals surface area contributed by atoms with Gasteiger partial charge in [0.05, 0.1) is 11.7 Å². The number of rotatable bonds is 5. The minimum atomic E-state index is -1.07. The SMILES string of the molecule is CCNC(=O)[C@H](NC(=O)c1ccc(C)cc1O)[C@H](C)O. The summed E-state index contributed by atoms with van der Waals surface area (Å²) >= 11 is 0. The van der Waals surface area contributed by atoms with Gasteiger partial charge in [0.15, 0.2) is 0 Å². The predicted molar refractivity (Wildman–Crippen MR) is 74.5 cm³/mol. The van der Waals surface area contributed by atoms with Crippen molar-refractivity contribution >= 4 is 11.8 Å². The third kappa shape index (κ3) is 3.96. The number of phenols is 1. The molecule has 0 aliphatic rings. The first-order valence-corrected chi connectivity index (χ1v) is 6.43. The fourth-order valence-corrected chi connectivity index (χ4v) is 1.74. The first-order chi connectivity index (χ1) is 9.36. The van der Waals surface area contributed by atoms with Crippen LogP contribution in [0.1, 0.15) is 29.8 Å². The summed E-state index contributed by atoms with van der Waals surface area (Å²) in [7, 11) is 0. The van der Waals surface area contributed by atoms with E-state index in [-0.39, 0.29) is 11.3 Å². The van der Waals surface area contributed by atoms with Crippen molar-refractivity contribution in [3.8, 4) is 5.75 Å². The molecule has 0 aliphatic carbocycles. The van der Waals surface area contributed by atoms with Crippen molar-refractivity contribution in [2.75, 3.05) is 6.54 Å². The Labute approximate surface area is 117 Å². The molecule has 0 radical (unpaired) electrons. The summed E-state index contributed by atoms with van der Waals surface area (Å²) in [6, 6.07) is 3.54. The molecule has 0 bridgehead atoms. The number of hydrogen-bond acceptors (Lipinski definition) is 4. The lowest BCUT2D eigenvalue weighted by Gasteiger charge is -2.20. The number of carbonyl (C=O) groups excluding carboxylic acids is 2. The molecular weight excluding hydrogens is 260 g/mol. The van der Waals surface area contributed by atoms with Crippen LogP contribution in [-0.2, 0) is 4.79 Å². The van der Waals surface area contributed by atoms with Gasteiger partial charge in [0.1, 0.15) is 11.8 Å². The fraction of sp³-hybridized carbons (Fsp3) is 0.429. The Hall–Kier alpha value is -2.08. The van der Waals surface area contributed by atoms with Gasteiger partial charge in [-0.15, -0.1) is 0 Å². The monoisotopic (exact) mass is 280 g/mol. The maximum atomic E-state index is 12.0. The molecule has 0 heterocycles. The highest BCUT2D eigenvalue weighted by Gasteiger charge is 2.26. The topological polar surface area (TPSA) is 98.7 Å². The number of amides is 2. The van der Waals surface area contributed by atoms with Crippen LogP contribution in [0.25, 0.3) is 0 Å². The van der Waals surface area contributed by atoms with Gasteiger partial charge in [-0.2, -0.15) is 0 Å². The molecule has 0 aromatic heterocycles. The lowest BCUT2D eigenvalue weighted by Crippen LogP contribution is -2.52. The third-order valence-electron chi connectivity index (χ3n) is 2.80. The van der Waals surface area contributed by atoms with Crippen molar-refractivity contribution in [3.63, 3.8) is 0 Å². The van der Waals surface area contributed by atoms with Gasteiger partial charge in [-0.25, -0.2) is 0 Å². The summed E-state index contributed by atoms with van der Waals surface area (Å²) in [6.45, 7) is 5.34. The zero-order valence-electron chi connectivity index (χ0n) is 11.8. The summed E-state index contributed by atoms with van der Waals surface area (Å²) in [6.07, 6.45) is -1.04. The molecule has 110 valence electrons. The van der Waals surface area contributed by atoms with Gasteiger partial charge >= 0.3 is 0 Å². The van der Waals surface area contributed by atoms with Gasteiger partial charge in [0, 0.05) is 6.54 Å². The molecule has 20 heavy (non-hydrogen) atoms. The zero-order valence-corrected chi connectivity index (χ0v) is 11.8. The van der Waals surface area contributed by atoms with E-state index in [0.717, 1.165) is 5.56 Å². The van der Waals surface area contributed by atoms with E-state index < -0.39 is 24.0 Å². The molecule has 4 N–H and O–H groups in total. The molecule has 0 saturated carbocycles. The molecule has 1 aromatic carbocycles. The van der Waals surface area contributed by atoms with Crippen LogP contribution in [0.15, 0.2) is 18.2 Å². The van der Waals surface area contributed by atoms with Gasteiger partial charge in [-0.1, -0.05) is 6.07 Å². The number of benzene rings is 1. The fourth-order valence-electron chi connectivity index (χ4n) is 1.74. The highest BCUT2D eigenvalue weighted by Crippen LogP contribution is 2.18. The van der Waals surface area contributed by atoms with Crippen LogP contribution >= 0.6 is 0 Å². The smallest absolute Gasteiger partial charge is 0.255 e. The van der Waals surface area contributed by atoms with Crippen molar-refractivity contribution in [2.45, 2.75) is 32.9 Å². The van der Waals surface area contributed by atoms with Crippen LogP contribution in [0.5, 0.6) is 5.75 Å². The largest absolute Gasteiger partial charge is 0.507 e. The van der Waals surface area contributed by atoms with Crippen LogP contribution in [0.4, 0.5) is 0 Å². The zero-order chi connectivity index (χ0) is 15.3. The van der Waals surface area contributed by atoms with Crippen LogP contribution in [0.2, 0.25) is 0 Å². The molecule has 0 spiro atoms. The second-order valence-electron chi connectivity index (χ2n) is 4.61. The lowest BCUT2D eigenvalue weighted by atomic mass is 10.1. The number of phenolic OH excluding ortho intramolecular Hbond substituents is 1.